The Kier molecular flexibility index (Phi) is 18.8. The van der Waals surface area contributed by atoms with Crippen LogP contribution in [0.25, 0.3) is 0 Å². The van der Waals surface area contributed by atoms with Crippen molar-refractivity contribution < 1.29 is 33.5 Å². The first-order chi connectivity index (χ1) is 13.2. The van der Waals surface area contributed by atoms with E-state index in [-0.39, 0.29) is 56.0 Å². The van der Waals surface area contributed by atoms with Gasteiger partial charge in [-0.3, -0.25) is 14.1 Å². The molecule has 0 saturated heterocycles. The van der Waals surface area contributed by atoms with Crippen molar-refractivity contribution in [1.29, 1.82) is 0 Å². The van der Waals surface area contributed by atoms with Crippen molar-refractivity contribution in [2.75, 3.05) is 13.2 Å². The van der Waals surface area contributed by atoms with Gasteiger partial charge >= 0.3 is 11.9 Å². The SMILES string of the molecule is CCCCC(CC)COC(=O)CC(C(=O)OCC(CC)CCCC)S(=O)(=O)O.[HH].[Na]. The van der Waals surface area contributed by atoms with Gasteiger partial charge in [-0.1, -0.05) is 66.2 Å². The third kappa shape index (κ3) is 14.5. The second kappa shape index (κ2) is 17.5. The molecule has 0 aliphatic heterocycles. The van der Waals surface area contributed by atoms with Crippen LogP contribution in [-0.4, -0.2) is 72.9 Å². The van der Waals surface area contributed by atoms with Crippen LogP contribution in [0.15, 0.2) is 0 Å². The quantitative estimate of drug-likeness (QED) is 0.216. The van der Waals surface area contributed by atoms with E-state index in [0.717, 1.165) is 51.4 Å². The standard InChI is InChI=1S/C20H38O7S.Na.H2/c1-5-9-11-16(7-3)14-26-19(21)13-18(28(23,24)25)20(22)27-15-17(8-4)12-10-6-2;;/h16-18H,5-15H2,1-4H3,(H,23,24,25);;1H. The molecular formula is C20H40NaO7S. The van der Waals surface area contributed by atoms with Crippen LogP contribution < -0.4 is 0 Å². The summed E-state index contributed by atoms with van der Waals surface area (Å²) in [4.78, 5) is 24.2. The van der Waals surface area contributed by atoms with Crippen molar-refractivity contribution in [2.45, 2.75) is 90.7 Å². The minimum Gasteiger partial charge on any atom is -0.465 e. The van der Waals surface area contributed by atoms with E-state index in [9.17, 15) is 22.6 Å². The molecule has 29 heavy (non-hydrogen) atoms. The second-order valence-corrected chi connectivity index (χ2v) is 8.95. The maximum absolute atomic E-state index is 12.2. The Morgan fingerprint density at radius 3 is 1.72 bits per heavy atom. The van der Waals surface area contributed by atoms with E-state index in [1.807, 2.05) is 13.8 Å². The molecule has 3 atom stereocenters. The van der Waals surface area contributed by atoms with E-state index in [4.69, 9.17) is 9.47 Å². The monoisotopic (exact) mass is 447 g/mol. The van der Waals surface area contributed by atoms with Crippen LogP contribution in [0.2, 0.25) is 0 Å². The van der Waals surface area contributed by atoms with Crippen LogP contribution in [0, 0.1) is 11.8 Å². The fraction of sp³-hybridized carbons (Fsp3) is 0.900. The van der Waals surface area contributed by atoms with Gasteiger partial charge in [0.2, 0.25) is 0 Å². The number of carbonyl (C=O) groups excluding carboxylic acids is 2. The summed E-state index contributed by atoms with van der Waals surface area (Å²) in [6, 6.07) is 0. The number of rotatable bonds is 16. The Hall–Kier alpha value is -0.150. The molecule has 0 fully saturated rings. The molecule has 1 N–H and O–H groups in total. The van der Waals surface area contributed by atoms with E-state index in [2.05, 4.69) is 13.8 Å². The number of ether oxygens (including phenoxy) is 2. The van der Waals surface area contributed by atoms with Crippen molar-refractivity contribution in [3.05, 3.63) is 0 Å². The van der Waals surface area contributed by atoms with Gasteiger partial charge < -0.3 is 9.47 Å². The van der Waals surface area contributed by atoms with Crippen LogP contribution in [0.3, 0.4) is 0 Å². The van der Waals surface area contributed by atoms with Crippen molar-refractivity contribution in [3.63, 3.8) is 0 Å². The van der Waals surface area contributed by atoms with Crippen LogP contribution >= 0.6 is 0 Å². The molecule has 0 aromatic carbocycles. The van der Waals surface area contributed by atoms with Gasteiger partial charge in [0, 0.05) is 31.0 Å². The Morgan fingerprint density at radius 2 is 1.34 bits per heavy atom. The molecule has 3 unspecified atom stereocenters. The molecule has 7 nitrogen and oxygen atoms in total. The predicted octanol–water partition coefficient (Wildman–Crippen LogP) is 4.02. The zero-order valence-electron chi connectivity index (χ0n) is 18.8. The molecular weight excluding hydrogens is 407 g/mol. The molecule has 0 aliphatic rings. The van der Waals surface area contributed by atoms with Gasteiger partial charge in [-0.05, 0) is 24.7 Å². The third-order valence-electron chi connectivity index (χ3n) is 5.00. The van der Waals surface area contributed by atoms with Crippen molar-refractivity contribution in [1.82, 2.24) is 0 Å². The third-order valence-corrected chi connectivity index (χ3v) is 6.08. The van der Waals surface area contributed by atoms with E-state index in [0.29, 0.717) is 0 Å². The average molecular weight is 448 g/mol. The van der Waals surface area contributed by atoms with Crippen molar-refractivity contribution in [3.8, 4) is 0 Å². The maximum atomic E-state index is 12.2. The van der Waals surface area contributed by atoms with Crippen LogP contribution in [0.5, 0.6) is 0 Å². The van der Waals surface area contributed by atoms with E-state index < -0.39 is 33.7 Å². The average Bonchev–Trinajstić information content (AvgIpc) is 2.65. The van der Waals surface area contributed by atoms with Gasteiger partial charge in [-0.25, -0.2) is 0 Å². The van der Waals surface area contributed by atoms with Gasteiger partial charge in [0.05, 0.1) is 19.6 Å². The van der Waals surface area contributed by atoms with Crippen LogP contribution in [0.1, 0.15) is 86.9 Å². The Balaban J connectivity index is -0.00000364. The van der Waals surface area contributed by atoms with Gasteiger partial charge in [0.25, 0.3) is 10.1 Å². The van der Waals surface area contributed by atoms with Crippen LogP contribution in [0.4, 0.5) is 0 Å². The fourth-order valence-corrected chi connectivity index (χ4v) is 3.48. The molecule has 0 aromatic heterocycles. The number of carbonyl (C=O) groups is 2. The van der Waals surface area contributed by atoms with Gasteiger partial charge in [-0.2, -0.15) is 8.42 Å². The molecule has 0 spiro atoms. The molecule has 9 heteroatoms. The minimum atomic E-state index is -4.76. The molecule has 0 rings (SSSR count). The summed E-state index contributed by atoms with van der Waals surface area (Å²) in [6.45, 7) is 8.35. The smallest absolute Gasteiger partial charge is 0.327 e. The molecule has 0 aromatic rings. The number of esters is 2. The van der Waals surface area contributed by atoms with Crippen molar-refractivity contribution in [2.24, 2.45) is 11.8 Å². The first-order valence-corrected chi connectivity index (χ1v) is 12.0. The Bertz CT molecular complexity index is 557. The summed E-state index contributed by atoms with van der Waals surface area (Å²) in [5.41, 5.74) is 0. The summed E-state index contributed by atoms with van der Waals surface area (Å²) in [5, 5.41) is -1.95. The molecule has 0 aliphatic carbocycles. The first kappa shape index (κ1) is 31.0. The molecule has 0 saturated carbocycles. The Morgan fingerprint density at radius 1 is 0.897 bits per heavy atom. The topological polar surface area (TPSA) is 107 Å². The zero-order chi connectivity index (χ0) is 21.6. The predicted molar refractivity (Wildman–Crippen MR) is 116 cm³/mol. The number of unbranched alkanes of at least 4 members (excludes halogenated alkanes) is 2. The molecule has 0 heterocycles. The molecule has 169 valence electrons. The normalized spacial score (nSPS) is 14.4. The number of hydrogen-bond donors (Lipinski definition) is 1. The van der Waals surface area contributed by atoms with Gasteiger partial charge in [-0.15, -0.1) is 0 Å². The summed E-state index contributed by atoms with van der Waals surface area (Å²) in [7, 11) is -4.76. The van der Waals surface area contributed by atoms with E-state index in [1.165, 1.54) is 0 Å². The first-order valence-electron chi connectivity index (χ1n) is 10.5. The van der Waals surface area contributed by atoms with Crippen molar-refractivity contribution >= 4 is 51.6 Å². The van der Waals surface area contributed by atoms with E-state index >= 15 is 0 Å². The summed E-state index contributed by atoms with van der Waals surface area (Å²) >= 11 is 0. The van der Waals surface area contributed by atoms with Gasteiger partial charge in [0.15, 0.2) is 5.25 Å². The Labute approximate surface area is 200 Å². The zero-order valence-corrected chi connectivity index (χ0v) is 21.6. The number of hydrogen-bond acceptors (Lipinski definition) is 6. The van der Waals surface area contributed by atoms with Gasteiger partial charge in [0.1, 0.15) is 0 Å². The summed E-state index contributed by atoms with van der Waals surface area (Å²) in [5.74, 6) is -1.61. The summed E-state index contributed by atoms with van der Waals surface area (Å²) in [6.07, 6.45) is 6.74. The largest absolute Gasteiger partial charge is 0.465 e. The summed E-state index contributed by atoms with van der Waals surface area (Å²) < 4.78 is 42.8. The van der Waals surface area contributed by atoms with E-state index in [1.54, 1.807) is 0 Å². The second-order valence-electron chi connectivity index (χ2n) is 7.35. The molecule has 0 bridgehead atoms. The molecule has 1 radical (unpaired) electrons. The maximum Gasteiger partial charge on any atom is 0.327 e. The fourth-order valence-electron chi connectivity index (χ4n) is 2.82. The molecule has 0 amide bonds. The van der Waals surface area contributed by atoms with Crippen LogP contribution in [-0.2, 0) is 29.2 Å². The minimum absolute atomic E-state index is 0.